The minimum atomic E-state index is 0. The fourth-order valence-electron chi connectivity index (χ4n) is 0. The lowest BCUT2D eigenvalue weighted by Gasteiger charge is -1.63. The second-order valence-corrected chi connectivity index (χ2v) is 1.13. The molecule has 0 bridgehead atoms. The van der Waals surface area contributed by atoms with Crippen molar-refractivity contribution in [3.05, 3.63) is 0 Å². The molecule has 0 aliphatic rings. The van der Waals surface area contributed by atoms with E-state index in [1.54, 1.807) is 0 Å². The standard InChI is InChI=1S/C2H4Cl2.3ClH/c3-1-2-4;;;/h1-2H2;3*1H. The van der Waals surface area contributed by atoms with Gasteiger partial charge in [-0.1, -0.05) is 0 Å². The van der Waals surface area contributed by atoms with Crippen LogP contribution < -0.4 is 0 Å². The molecule has 0 rings (SSSR count). The van der Waals surface area contributed by atoms with E-state index in [-0.39, 0.29) is 37.2 Å². The number of halogens is 5. The first-order valence-corrected chi connectivity index (χ1v) is 2.10. The van der Waals surface area contributed by atoms with Gasteiger partial charge in [0.1, 0.15) is 0 Å². The molecule has 0 aromatic heterocycles. The minimum Gasteiger partial charge on any atom is -0.147 e. The number of rotatable bonds is 1. The van der Waals surface area contributed by atoms with E-state index in [1.165, 1.54) is 0 Å². The van der Waals surface area contributed by atoms with Crippen LogP contribution in [0.3, 0.4) is 0 Å². The molecule has 0 unspecified atom stereocenters. The van der Waals surface area contributed by atoms with Gasteiger partial charge in [-0.05, 0) is 0 Å². The van der Waals surface area contributed by atoms with Crippen molar-refractivity contribution >= 4 is 60.4 Å². The molecule has 0 fully saturated rings. The van der Waals surface area contributed by atoms with E-state index in [1.807, 2.05) is 0 Å². The molecular formula is C2H7Cl5. The molecule has 0 saturated carbocycles. The van der Waals surface area contributed by atoms with Gasteiger partial charge in [-0.15, -0.1) is 60.4 Å². The zero-order valence-electron chi connectivity index (χ0n) is 3.39. The molecule has 0 N–H and O–H groups in total. The third kappa shape index (κ3) is 36.9. The predicted octanol–water partition coefficient (Wildman–Crippen LogP) is 2.73. The van der Waals surface area contributed by atoms with E-state index in [4.69, 9.17) is 23.2 Å². The van der Waals surface area contributed by atoms with Crippen molar-refractivity contribution in [3.63, 3.8) is 0 Å². The molecule has 5 heteroatoms. The van der Waals surface area contributed by atoms with Crippen LogP contribution in [0, 0.1) is 0 Å². The second-order valence-electron chi connectivity index (χ2n) is 0.378. The second kappa shape index (κ2) is 26.0. The van der Waals surface area contributed by atoms with Gasteiger partial charge in [-0.3, -0.25) is 0 Å². The summed E-state index contributed by atoms with van der Waals surface area (Å²) in [5.41, 5.74) is 0. The van der Waals surface area contributed by atoms with Crippen molar-refractivity contribution in [1.29, 1.82) is 0 Å². The Labute approximate surface area is 72.2 Å². The van der Waals surface area contributed by atoms with Crippen LogP contribution in [0.2, 0.25) is 0 Å². The zero-order valence-corrected chi connectivity index (χ0v) is 7.36. The SMILES string of the molecule is Cl.Cl.Cl.ClCCCl. The third-order valence-corrected chi connectivity index (χ3v) is 0.643. The van der Waals surface area contributed by atoms with Gasteiger partial charge in [-0.2, -0.15) is 0 Å². The third-order valence-electron chi connectivity index (χ3n) is 0.0714. The van der Waals surface area contributed by atoms with Crippen LogP contribution in [0.4, 0.5) is 0 Å². The Morgan fingerprint density at radius 1 is 0.714 bits per heavy atom. The van der Waals surface area contributed by atoms with Gasteiger partial charge in [0.25, 0.3) is 0 Å². The van der Waals surface area contributed by atoms with E-state index in [0.717, 1.165) is 0 Å². The Morgan fingerprint density at radius 2 is 0.857 bits per heavy atom. The van der Waals surface area contributed by atoms with Crippen molar-refractivity contribution in [1.82, 2.24) is 0 Å². The maximum absolute atomic E-state index is 5.05. The molecule has 0 saturated heterocycles. The van der Waals surface area contributed by atoms with Gasteiger partial charge in [0.2, 0.25) is 0 Å². The molecule has 0 heterocycles. The molecule has 0 aliphatic carbocycles. The molecule has 0 atom stereocenters. The first-order valence-electron chi connectivity index (χ1n) is 1.03. The first-order chi connectivity index (χ1) is 1.91. The quantitative estimate of drug-likeness (QED) is 0.581. The fraction of sp³-hybridized carbons (Fsp3) is 1.00. The summed E-state index contributed by atoms with van der Waals surface area (Å²) in [6.07, 6.45) is 0. The van der Waals surface area contributed by atoms with Crippen LogP contribution in [-0.4, -0.2) is 11.8 Å². The van der Waals surface area contributed by atoms with Crippen LogP contribution in [0.15, 0.2) is 0 Å². The Balaban J connectivity index is -0.0000000150. The number of hydrogen-bond donors (Lipinski definition) is 0. The Hall–Kier alpha value is 1.45. The molecular weight excluding hydrogens is 201 g/mol. The molecule has 0 nitrogen and oxygen atoms in total. The topological polar surface area (TPSA) is 0 Å². The summed E-state index contributed by atoms with van der Waals surface area (Å²) >= 11 is 10.1. The normalized spacial score (nSPS) is 4.29. The molecule has 0 aliphatic heterocycles. The monoisotopic (exact) mass is 206 g/mol. The van der Waals surface area contributed by atoms with Crippen LogP contribution >= 0.6 is 60.4 Å². The van der Waals surface area contributed by atoms with Crippen molar-refractivity contribution in [2.24, 2.45) is 0 Å². The van der Waals surface area contributed by atoms with E-state index >= 15 is 0 Å². The highest BCUT2D eigenvalue weighted by Crippen LogP contribution is 1.75. The van der Waals surface area contributed by atoms with E-state index in [2.05, 4.69) is 0 Å². The van der Waals surface area contributed by atoms with Gasteiger partial charge < -0.3 is 0 Å². The van der Waals surface area contributed by atoms with Crippen LogP contribution in [0.25, 0.3) is 0 Å². The summed E-state index contributed by atoms with van der Waals surface area (Å²) < 4.78 is 0. The molecule has 0 aromatic rings. The lowest BCUT2D eigenvalue weighted by atomic mass is 11.0. The van der Waals surface area contributed by atoms with Gasteiger partial charge in [-0.25, -0.2) is 0 Å². The number of alkyl halides is 2. The average molecular weight is 208 g/mol. The van der Waals surface area contributed by atoms with E-state index in [9.17, 15) is 0 Å². The average Bonchev–Trinajstić information content (AvgIpc) is 1.37. The predicted molar refractivity (Wildman–Crippen MR) is 43.2 cm³/mol. The van der Waals surface area contributed by atoms with Crippen molar-refractivity contribution in [2.75, 3.05) is 11.8 Å². The van der Waals surface area contributed by atoms with Crippen molar-refractivity contribution < 1.29 is 0 Å². The maximum Gasteiger partial charge on any atom is 0.0359 e. The Bertz CT molecular complexity index is 8.04. The largest absolute Gasteiger partial charge is 0.147 e. The summed E-state index contributed by atoms with van der Waals surface area (Å²) in [5, 5.41) is 0. The summed E-state index contributed by atoms with van der Waals surface area (Å²) in [6.45, 7) is 0. The molecule has 7 heavy (non-hydrogen) atoms. The van der Waals surface area contributed by atoms with Crippen LogP contribution in [0.5, 0.6) is 0 Å². The fourth-order valence-corrected chi connectivity index (χ4v) is 0. The molecule has 0 aromatic carbocycles. The first kappa shape index (κ1) is 23.7. The number of hydrogen-bond acceptors (Lipinski definition) is 0. The smallest absolute Gasteiger partial charge is 0.0359 e. The molecule has 0 radical (unpaired) electrons. The Morgan fingerprint density at radius 3 is 0.857 bits per heavy atom. The Kier molecular flexibility index (Phi) is 88.1. The van der Waals surface area contributed by atoms with Gasteiger partial charge in [0.15, 0.2) is 0 Å². The summed E-state index contributed by atoms with van der Waals surface area (Å²) in [5.74, 6) is 1.11. The zero-order chi connectivity index (χ0) is 3.41. The van der Waals surface area contributed by atoms with Gasteiger partial charge in [0.05, 0.1) is 0 Å². The lowest BCUT2D eigenvalue weighted by Crippen LogP contribution is -1.63. The molecule has 50 valence electrons. The molecule has 0 amide bonds. The summed E-state index contributed by atoms with van der Waals surface area (Å²) in [4.78, 5) is 0. The molecule has 0 spiro atoms. The van der Waals surface area contributed by atoms with Crippen LogP contribution in [0.1, 0.15) is 0 Å². The van der Waals surface area contributed by atoms with E-state index < -0.39 is 0 Å². The van der Waals surface area contributed by atoms with Crippen molar-refractivity contribution in [3.8, 4) is 0 Å². The highest BCUT2D eigenvalue weighted by Gasteiger charge is 1.61. The highest BCUT2D eigenvalue weighted by atomic mass is 35.5. The minimum absolute atomic E-state index is 0. The van der Waals surface area contributed by atoms with E-state index in [0.29, 0.717) is 11.8 Å². The van der Waals surface area contributed by atoms with Gasteiger partial charge in [0, 0.05) is 11.8 Å². The van der Waals surface area contributed by atoms with Crippen molar-refractivity contribution in [2.45, 2.75) is 0 Å². The lowest BCUT2D eigenvalue weighted by molar-refractivity contribution is 1.52. The summed E-state index contributed by atoms with van der Waals surface area (Å²) in [7, 11) is 0. The maximum atomic E-state index is 5.05. The van der Waals surface area contributed by atoms with Gasteiger partial charge >= 0.3 is 0 Å². The van der Waals surface area contributed by atoms with Crippen LogP contribution in [-0.2, 0) is 0 Å². The summed E-state index contributed by atoms with van der Waals surface area (Å²) in [6, 6.07) is 0. The highest BCUT2D eigenvalue weighted by molar-refractivity contribution is 6.25.